The largest absolute Gasteiger partial charge is 0.465 e. The van der Waals surface area contributed by atoms with Gasteiger partial charge in [-0.25, -0.2) is 9.78 Å². The van der Waals surface area contributed by atoms with Crippen LogP contribution >= 0.6 is 0 Å². The summed E-state index contributed by atoms with van der Waals surface area (Å²) in [6.45, 7) is 10.3. The van der Waals surface area contributed by atoms with E-state index < -0.39 is 0 Å². The van der Waals surface area contributed by atoms with Gasteiger partial charge in [0.2, 0.25) is 0 Å². The lowest BCUT2D eigenvalue weighted by molar-refractivity contribution is 0.0121. The fraction of sp³-hybridized carbons (Fsp3) is 0.583. The molecule has 2 aromatic heterocycles. The zero-order valence-corrected chi connectivity index (χ0v) is 19.2. The number of carbonyl (C=O) groups excluding carboxylic acids is 1. The summed E-state index contributed by atoms with van der Waals surface area (Å²) >= 11 is 0. The Morgan fingerprint density at radius 1 is 1.12 bits per heavy atom. The molecule has 2 N–H and O–H groups in total. The van der Waals surface area contributed by atoms with Gasteiger partial charge in [0.25, 0.3) is 0 Å². The molecule has 0 spiro atoms. The molecule has 2 aromatic rings. The van der Waals surface area contributed by atoms with Crippen LogP contribution in [0.15, 0.2) is 34.9 Å². The summed E-state index contributed by atoms with van der Waals surface area (Å²) in [6.07, 6.45) is 4.29. The molecule has 0 bridgehead atoms. The van der Waals surface area contributed by atoms with Crippen molar-refractivity contribution in [3.05, 3.63) is 47.5 Å². The molecule has 8 heteroatoms. The van der Waals surface area contributed by atoms with E-state index in [1.165, 1.54) is 12.8 Å². The predicted octanol–water partition coefficient (Wildman–Crippen LogP) is 3.09. The number of hydrogen-bond acceptors (Lipinski definition) is 6. The van der Waals surface area contributed by atoms with Gasteiger partial charge in [-0.3, -0.25) is 4.90 Å². The summed E-state index contributed by atoms with van der Waals surface area (Å²) in [6, 6.07) is 7.85. The van der Waals surface area contributed by atoms with E-state index in [1.54, 1.807) is 0 Å². The van der Waals surface area contributed by atoms with Gasteiger partial charge in [0.05, 0.1) is 19.3 Å². The van der Waals surface area contributed by atoms with Crippen molar-refractivity contribution in [1.82, 2.24) is 20.5 Å². The highest BCUT2D eigenvalue weighted by atomic mass is 16.5. The lowest BCUT2D eigenvalue weighted by Crippen LogP contribution is -2.45. The fourth-order valence-electron chi connectivity index (χ4n) is 4.31. The number of morpholine rings is 1. The van der Waals surface area contributed by atoms with Gasteiger partial charge in [-0.15, -0.1) is 0 Å². The quantitative estimate of drug-likeness (QED) is 0.687. The first-order valence-electron chi connectivity index (χ1n) is 11.7. The third-order valence-electron chi connectivity index (χ3n) is 6.40. The number of carbonyl (C=O) groups is 1. The summed E-state index contributed by atoms with van der Waals surface area (Å²) in [5.41, 5.74) is 0.987. The molecule has 4 heterocycles. The number of hydrogen-bond donors (Lipinski definition) is 2. The second-order valence-electron chi connectivity index (χ2n) is 8.87. The van der Waals surface area contributed by atoms with Crippen LogP contribution in [-0.4, -0.2) is 61.9 Å². The lowest BCUT2D eigenvalue weighted by atomic mass is 9.99. The first kappa shape index (κ1) is 22.6. The van der Waals surface area contributed by atoms with Crippen molar-refractivity contribution in [2.45, 2.75) is 39.3 Å². The number of furan rings is 1. The second-order valence-corrected chi connectivity index (χ2v) is 8.87. The lowest BCUT2D eigenvalue weighted by Gasteiger charge is -2.33. The molecule has 2 fully saturated rings. The predicted molar refractivity (Wildman–Crippen MR) is 124 cm³/mol. The third-order valence-corrected chi connectivity index (χ3v) is 6.40. The highest BCUT2D eigenvalue weighted by Crippen LogP contribution is 2.23. The Hall–Kier alpha value is -2.58. The number of amides is 2. The Kier molecular flexibility index (Phi) is 7.65. The van der Waals surface area contributed by atoms with Crippen LogP contribution in [0.4, 0.5) is 10.6 Å². The summed E-state index contributed by atoms with van der Waals surface area (Å²) in [4.78, 5) is 21.7. The Labute approximate surface area is 190 Å². The van der Waals surface area contributed by atoms with Crippen LogP contribution in [0.3, 0.4) is 0 Å². The van der Waals surface area contributed by atoms with E-state index in [0.717, 1.165) is 55.0 Å². The maximum atomic E-state index is 12.5. The number of anilines is 1. The minimum atomic E-state index is -0.194. The van der Waals surface area contributed by atoms with Crippen molar-refractivity contribution >= 4 is 11.8 Å². The molecule has 174 valence electrons. The molecule has 0 aliphatic carbocycles. The SMILES string of the molecule is Cc1ccc(C(CNC(=O)NCc2ccc(N3CCC(C)CC3)nc2)N2CCOCC2)o1. The van der Waals surface area contributed by atoms with Crippen molar-refractivity contribution < 1.29 is 13.9 Å². The van der Waals surface area contributed by atoms with Gasteiger partial charge in [-0.2, -0.15) is 0 Å². The Bertz CT molecular complexity index is 855. The van der Waals surface area contributed by atoms with Crippen LogP contribution in [0.1, 0.15) is 42.9 Å². The minimum Gasteiger partial charge on any atom is -0.465 e. The van der Waals surface area contributed by atoms with E-state index in [2.05, 4.69) is 38.4 Å². The molecular weight excluding hydrogens is 406 g/mol. The standard InChI is InChI=1S/C24H35N5O3/c1-18-7-9-29(10-8-18)23-6-4-20(15-25-23)16-26-24(30)27-17-21(22-5-3-19(2)32-22)28-11-13-31-14-12-28/h3-6,15,18,21H,7-14,16-17H2,1-2H3,(H2,26,27,30). The van der Waals surface area contributed by atoms with Crippen LogP contribution < -0.4 is 15.5 Å². The molecule has 0 aromatic carbocycles. The van der Waals surface area contributed by atoms with Gasteiger partial charge >= 0.3 is 6.03 Å². The molecule has 4 rings (SSSR count). The third kappa shape index (κ3) is 6.01. The monoisotopic (exact) mass is 441 g/mol. The molecule has 1 unspecified atom stereocenters. The molecule has 0 saturated carbocycles. The highest BCUT2D eigenvalue weighted by molar-refractivity contribution is 5.73. The molecule has 2 aliphatic heterocycles. The van der Waals surface area contributed by atoms with E-state index in [4.69, 9.17) is 9.15 Å². The van der Waals surface area contributed by atoms with Gasteiger partial charge in [0.1, 0.15) is 17.3 Å². The molecule has 32 heavy (non-hydrogen) atoms. The molecule has 2 amide bonds. The first-order valence-corrected chi connectivity index (χ1v) is 11.7. The molecule has 8 nitrogen and oxygen atoms in total. The van der Waals surface area contributed by atoms with Crippen LogP contribution in [0.2, 0.25) is 0 Å². The number of aryl methyl sites for hydroxylation is 1. The zero-order chi connectivity index (χ0) is 22.3. The number of ether oxygens (including phenoxy) is 1. The van der Waals surface area contributed by atoms with Crippen LogP contribution in [0.5, 0.6) is 0 Å². The van der Waals surface area contributed by atoms with E-state index in [9.17, 15) is 4.79 Å². The fourth-order valence-corrected chi connectivity index (χ4v) is 4.31. The first-order chi connectivity index (χ1) is 15.6. The van der Waals surface area contributed by atoms with Gasteiger partial charge in [0.15, 0.2) is 0 Å². The summed E-state index contributed by atoms with van der Waals surface area (Å²) < 4.78 is 11.3. The van der Waals surface area contributed by atoms with E-state index in [-0.39, 0.29) is 12.1 Å². The van der Waals surface area contributed by atoms with E-state index in [0.29, 0.717) is 26.3 Å². The van der Waals surface area contributed by atoms with Crippen molar-refractivity contribution in [1.29, 1.82) is 0 Å². The van der Waals surface area contributed by atoms with Crippen molar-refractivity contribution in [2.24, 2.45) is 5.92 Å². The Morgan fingerprint density at radius 2 is 1.91 bits per heavy atom. The Morgan fingerprint density at radius 3 is 2.56 bits per heavy atom. The van der Waals surface area contributed by atoms with Crippen LogP contribution in [0.25, 0.3) is 0 Å². The maximum absolute atomic E-state index is 12.5. The normalized spacial score (nSPS) is 19.0. The smallest absolute Gasteiger partial charge is 0.315 e. The van der Waals surface area contributed by atoms with E-state index >= 15 is 0 Å². The number of nitrogens with one attached hydrogen (secondary N) is 2. The van der Waals surface area contributed by atoms with Crippen molar-refractivity contribution in [3.63, 3.8) is 0 Å². The van der Waals surface area contributed by atoms with Crippen molar-refractivity contribution in [2.75, 3.05) is 50.8 Å². The molecular formula is C24H35N5O3. The summed E-state index contributed by atoms with van der Waals surface area (Å²) in [5.74, 6) is 3.56. The van der Waals surface area contributed by atoms with E-state index in [1.807, 2.05) is 31.3 Å². The van der Waals surface area contributed by atoms with Gasteiger partial charge in [-0.1, -0.05) is 13.0 Å². The number of pyridine rings is 1. The van der Waals surface area contributed by atoms with Crippen LogP contribution in [0, 0.1) is 12.8 Å². The maximum Gasteiger partial charge on any atom is 0.315 e. The zero-order valence-electron chi connectivity index (χ0n) is 19.2. The molecule has 2 saturated heterocycles. The number of nitrogens with zero attached hydrogens (tertiary/aromatic N) is 3. The summed E-state index contributed by atoms with van der Waals surface area (Å²) in [5, 5.41) is 5.95. The Balaban J connectivity index is 1.26. The minimum absolute atomic E-state index is 0.00781. The molecule has 0 radical (unpaired) electrons. The number of urea groups is 1. The number of aromatic nitrogens is 1. The highest BCUT2D eigenvalue weighted by Gasteiger charge is 2.25. The second kappa shape index (κ2) is 10.8. The number of piperidine rings is 1. The van der Waals surface area contributed by atoms with Gasteiger partial charge < -0.3 is 24.7 Å². The topological polar surface area (TPSA) is 82.9 Å². The molecule has 1 atom stereocenters. The van der Waals surface area contributed by atoms with Crippen molar-refractivity contribution in [3.8, 4) is 0 Å². The number of rotatable bonds is 7. The summed E-state index contributed by atoms with van der Waals surface area (Å²) in [7, 11) is 0. The molecule has 2 aliphatic rings. The average molecular weight is 442 g/mol. The van der Waals surface area contributed by atoms with Gasteiger partial charge in [0, 0.05) is 45.5 Å². The van der Waals surface area contributed by atoms with Gasteiger partial charge in [-0.05, 0) is 49.4 Å². The average Bonchev–Trinajstić information content (AvgIpc) is 3.25. The van der Waals surface area contributed by atoms with Crippen LogP contribution in [-0.2, 0) is 11.3 Å².